The van der Waals surface area contributed by atoms with Gasteiger partial charge in [-0.1, -0.05) is 26.0 Å². The number of sulfonamides is 1. The molecule has 0 bridgehead atoms. The first-order chi connectivity index (χ1) is 20.6. The number of nitrogens with one attached hydrogen (secondary N) is 1. The molecule has 3 aromatic rings. The van der Waals surface area contributed by atoms with E-state index in [1.165, 1.54) is 33.0 Å². The molecule has 2 saturated heterocycles. The zero-order valence-electron chi connectivity index (χ0n) is 25.4. The largest absolute Gasteiger partial charge is 0.495 e. The summed E-state index contributed by atoms with van der Waals surface area (Å²) < 4.78 is 35.9. The number of benzene rings is 1. The number of carbonyl (C=O) groups is 1. The first kappa shape index (κ1) is 31.4. The number of ether oxygens (including phenoxy) is 1. The Balaban J connectivity index is 1.25. The van der Waals surface area contributed by atoms with E-state index in [4.69, 9.17) is 4.74 Å². The van der Waals surface area contributed by atoms with Crippen LogP contribution in [0, 0.1) is 18.8 Å². The van der Waals surface area contributed by atoms with E-state index in [9.17, 15) is 18.0 Å². The monoisotopic (exact) mass is 630 g/mol. The molecular formula is C30H42N6O5S2. The van der Waals surface area contributed by atoms with E-state index < -0.39 is 15.6 Å². The lowest BCUT2D eigenvalue weighted by molar-refractivity contribution is -0.121. The van der Waals surface area contributed by atoms with E-state index in [1.54, 1.807) is 14.0 Å². The minimum absolute atomic E-state index is 0.00418. The van der Waals surface area contributed by atoms with E-state index in [2.05, 4.69) is 33.9 Å². The summed E-state index contributed by atoms with van der Waals surface area (Å²) in [6, 6.07) is 7.67. The average Bonchev–Trinajstić information content (AvgIpc) is 3.34. The topological polar surface area (TPSA) is 117 Å². The molecule has 2 aliphatic rings. The highest BCUT2D eigenvalue weighted by Crippen LogP contribution is 2.34. The summed E-state index contributed by atoms with van der Waals surface area (Å²) in [6.45, 7) is 11.2. The Kier molecular flexibility index (Phi) is 9.74. The average molecular weight is 631 g/mol. The van der Waals surface area contributed by atoms with Crippen LogP contribution < -0.4 is 20.5 Å². The van der Waals surface area contributed by atoms with Crippen molar-refractivity contribution in [1.29, 1.82) is 0 Å². The van der Waals surface area contributed by atoms with E-state index in [1.807, 2.05) is 24.3 Å². The molecule has 2 aromatic heterocycles. The molecule has 13 heteroatoms. The number of aryl methyl sites for hydroxylation is 1. The van der Waals surface area contributed by atoms with Crippen molar-refractivity contribution in [3.8, 4) is 5.75 Å². The molecule has 11 nitrogen and oxygen atoms in total. The molecule has 1 aromatic carbocycles. The highest BCUT2D eigenvalue weighted by molar-refractivity contribution is 7.89. The molecule has 2 aliphatic heterocycles. The molecule has 2 atom stereocenters. The van der Waals surface area contributed by atoms with Gasteiger partial charge in [0.05, 0.1) is 24.5 Å². The number of carbonyl (C=O) groups excluding carboxylic acids is 1. The van der Waals surface area contributed by atoms with Gasteiger partial charge in [-0.05, 0) is 50.3 Å². The Morgan fingerprint density at radius 1 is 1.12 bits per heavy atom. The van der Waals surface area contributed by atoms with Crippen LogP contribution in [0.4, 0.5) is 5.69 Å². The smallest absolute Gasteiger partial charge is 0.263 e. The summed E-state index contributed by atoms with van der Waals surface area (Å²) in [5.41, 5.74) is 0.396. The van der Waals surface area contributed by atoms with Gasteiger partial charge in [0.25, 0.3) is 5.56 Å². The maximum absolute atomic E-state index is 13.9. The number of piperazine rings is 1. The minimum atomic E-state index is -3.97. The second-order valence-electron chi connectivity index (χ2n) is 11.8. The number of para-hydroxylation sites is 2. The lowest BCUT2D eigenvalue weighted by atomic mass is 9.92. The zero-order chi connectivity index (χ0) is 30.7. The highest BCUT2D eigenvalue weighted by atomic mass is 32.2. The van der Waals surface area contributed by atoms with Crippen molar-refractivity contribution >= 4 is 43.2 Å². The van der Waals surface area contributed by atoms with Crippen LogP contribution in [0.3, 0.4) is 0 Å². The van der Waals surface area contributed by atoms with Crippen LogP contribution in [0.1, 0.15) is 31.6 Å². The highest BCUT2D eigenvalue weighted by Gasteiger charge is 2.34. The number of likely N-dealkylation sites (tertiary alicyclic amines) is 1. The number of methoxy groups -OCH3 is 1. The van der Waals surface area contributed by atoms with E-state index >= 15 is 0 Å². The Morgan fingerprint density at radius 3 is 2.51 bits per heavy atom. The maximum atomic E-state index is 13.9. The summed E-state index contributed by atoms with van der Waals surface area (Å²) >= 11 is 1.18. The first-order valence-corrected chi connectivity index (χ1v) is 17.2. The third-order valence-corrected chi connectivity index (χ3v) is 11.5. The number of anilines is 1. The van der Waals surface area contributed by atoms with E-state index in [0.29, 0.717) is 41.2 Å². The van der Waals surface area contributed by atoms with Crippen molar-refractivity contribution in [3.63, 3.8) is 0 Å². The van der Waals surface area contributed by atoms with E-state index in [-0.39, 0.29) is 35.8 Å². The molecule has 43 heavy (non-hydrogen) atoms. The van der Waals surface area contributed by atoms with Gasteiger partial charge >= 0.3 is 0 Å². The SMILES string of the molecule is COc1ccccc1N1CCN(S(=O)(=O)c2c(C)sc3ncn(CC(=O)NCCCN4CC(C)CC(C)C4)c(=O)c23)CC1. The molecule has 0 saturated carbocycles. The molecule has 0 radical (unpaired) electrons. The maximum Gasteiger partial charge on any atom is 0.263 e. The summed E-state index contributed by atoms with van der Waals surface area (Å²) in [4.78, 5) is 36.1. The van der Waals surface area contributed by atoms with E-state index in [0.717, 1.165) is 37.5 Å². The first-order valence-electron chi connectivity index (χ1n) is 14.9. The lowest BCUT2D eigenvalue weighted by Gasteiger charge is -2.35. The lowest BCUT2D eigenvalue weighted by Crippen LogP contribution is -2.49. The standard InChI is InChI=1S/C30H42N6O5S2/c1-21-16-22(2)18-33(17-21)11-7-10-31-26(37)19-35-20-32-29-27(30(35)38)28(23(3)42-29)43(39,40)36-14-12-34(13-15-36)24-8-5-6-9-25(24)41-4/h5-6,8-9,20-22H,7,10-19H2,1-4H3,(H,31,37). The van der Waals surface area contributed by atoms with Crippen LogP contribution in [-0.2, 0) is 21.4 Å². The molecule has 2 unspecified atom stereocenters. The van der Waals surface area contributed by atoms with Crippen LogP contribution in [-0.4, -0.2) is 92.5 Å². The predicted molar refractivity (Wildman–Crippen MR) is 170 cm³/mol. The fourth-order valence-electron chi connectivity index (χ4n) is 6.44. The van der Waals surface area contributed by atoms with Gasteiger partial charge < -0.3 is 19.9 Å². The third kappa shape index (κ3) is 6.89. The van der Waals surface area contributed by atoms with Gasteiger partial charge in [0.2, 0.25) is 15.9 Å². The number of fused-ring (bicyclic) bond motifs is 1. The third-order valence-electron chi connectivity index (χ3n) is 8.29. The fraction of sp³-hybridized carbons (Fsp3) is 0.567. The van der Waals surface area contributed by atoms with Crippen molar-refractivity contribution in [2.45, 2.75) is 45.1 Å². The summed E-state index contributed by atoms with van der Waals surface area (Å²) in [5, 5.41) is 2.96. The Bertz CT molecular complexity index is 1600. The summed E-state index contributed by atoms with van der Waals surface area (Å²) in [5.74, 6) is 1.81. The Hall–Kier alpha value is -3.00. The number of thiophene rings is 1. The van der Waals surface area contributed by atoms with Crippen molar-refractivity contribution in [1.82, 2.24) is 24.1 Å². The minimum Gasteiger partial charge on any atom is -0.495 e. The molecule has 1 N–H and O–H groups in total. The van der Waals surface area contributed by atoms with Crippen LogP contribution in [0.15, 0.2) is 40.3 Å². The quantitative estimate of drug-likeness (QED) is 0.340. The van der Waals surface area contributed by atoms with Gasteiger partial charge in [0.15, 0.2) is 0 Å². The van der Waals surface area contributed by atoms with Gasteiger partial charge in [0, 0.05) is 50.7 Å². The number of hydrogen-bond donors (Lipinski definition) is 1. The van der Waals surface area contributed by atoms with Crippen LogP contribution in [0.5, 0.6) is 5.75 Å². The second kappa shape index (κ2) is 13.3. The molecular weight excluding hydrogens is 589 g/mol. The number of hydrogen-bond acceptors (Lipinski definition) is 9. The molecule has 5 rings (SSSR count). The molecule has 2 fully saturated rings. The van der Waals surface area contributed by atoms with Gasteiger partial charge in [-0.25, -0.2) is 13.4 Å². The number of piperidine rings is 1. The number of nitrogens with zero attached hydrogens (tertiary/aromatic N) is 5. The Morgan fingerprint density at radius 2 is 1.81 bits per heavy atom. The summed E-state index contributed by atoms with van der Waals surface area (Å²) in [7, 11) is -2.36. The molecule has 0 spiro atoms. The molecule has 234 valence electrons. The molecule has 1 amide bonds. The summed E-state index contributed by atoms with van der Waals surface area (Å²) in [6.07, 6.45) is 3.42. The van der Waals surface area contributed by atoms with Gasteiger partial charge in [-0.3, -0.25) is 14.2 Å². The van der Waals surface area contributed by atoms with Gasteiger partial charge in [0.1, 0.15) is 22.0 Å². The van der Waals surface area contributed by atoms with Crippen LogP contribution >= 0.6 is 11.3 Å². The van der Waals surface area contributed by atoms with Crippen LogP contribution in [0.25, 0.3) is 10.2 Å². The second-order valence-corrected chi connectivity index (χ2v) is 14.9. The number of aromatic nitrogens is 2. The molecule has 4 heterocycles. The van der Waals surface area contributed by atoms with Crippen molar-refractivity contribution in [2.75, 3.05) is 64.4 Å². The Labute approximate surface area is 257 Å². The predicted octanol–water partition coefficient (Wildman–Crippen LogP) is 2.77. The van der Waals surface area contributed by atoms with Crippen molar-refractivity contribution in [2.24, 2.45) is 11.8 Å². The van der Waals surface area contributed by atoms with Crippen molar-refractivity contribution < 1.29 is 17.9 Å². The van der Waals surface area contributed by atoms with Gasteiger partial charge in [-0.15, -0.1) is 11.3 Å². The van der Waals surface area contributed by atoms with Crippen LogP contribution in [0.2, 0.25) is 0 Å². The van der Waals surface area contributed by atoms with Crippen molar-refractivity contribution in [3.05, 3.63) is 45.8 Å². The normalized spacial score (nSPS) is 20.4. The number of rotatable bonds is 10. The number of amides is 1. The zero-order valence-corrected chi connectivity index (χ0v) is 27.0. The fourth-order valence-corrected chi connectivity index (χ4v) is 9.53. The van der Waals surface area contributed by atoms with Gasteiger partial charge in [-0.2, -0.15) is 4.31 Å². The molecule has 0 aliphatic carbocycles.